The molecule has 8 nitrogen and oxygen atoms in total. The van der Waals surface area contributed by atoms with Crippen LogP contribution in [0.5, 0.6) is 5.75 Å². The lowest BCUT2D eigenvalue weighted by Gasteiger charge is -2.33. The number of carbonyl (C=O) groups is 2. The molecule has 0 bridgehead atoms. The molecule has 1 atom stereocenters. The van der Waals surface area contributed by atoms with Crippen molar-refractivity contribution in [1.82, 2.24) is 10.2 Å². The van der Waals surface area contributed by atoms with Gasteiger partial charge in [0.1, 0.15) is 18.3 Å². The molecule has 0 fully saturated rings. The van der Waals surface area contributed by atoms with E-state index in [0.29, 0.717) is 25.3 Å². The number of sulfonamides is 1. The first-order valence-electron chi connectivity index (χ1n) is 14.4. The molecule has 0 aliphatic carbocycles. The Balaban J connectivity index is 2.09. The highest BCUT2D eigenvalue weighted by Gasteiger charge is 2.34. The summed E-state index contributed by atoms with van der Waals surface area (Å²) in [6.45, 7) is 11.9. The smallest absolute Gasteiger partial charge is 0.264 e. The predicted molar refractivity (Wildman–Crippen MR) is 167 cm³/mol. The molecule has 0 aliphatic heterocycles. The highest BCUT2D eigenvalue weighted by atomic mass is 32.2. The Labute approximate surface area is 250 Å². The first-order valence-corrected chi connectivity index (χ1v) is 15.9. The van der Waals surface area contributed by atoms with E-state index in [1.54, 1.807) is 36.4 Å². The van der Waals surface area contributed by atoms with Crippen LogP contribution >= 0.6 is 0 Å². The van der Waals surface area contributed by atoms with Crippen LogP contribution < -0.4 is 14.4 Å². The second-order valence-electron chi connectivity index (χ2n) is 10.8. The van der Waals surface area contributed by atoms with Gasteiger partial charge >= 0.3 is 0 Å². The van der Waals surface area contributed by atoms with Gasteiger partial charge in [-0.2, -0.15) is 0 Å². The van der Waals surface area contributed by atoms with Crippen molar-refractivity contribution in [3.8, 4) is 5.75 Å². The Morgan fingerprint density at radius 2 is 1.48 bits per heavy atom. The van der Waals surface area contributed by atoms with E-state index in [9.17, 15) is 18.0 Å². The summed E-state index contributed by atoms with van der Waals surface area (Å²) in [5.41, 5.74) is 3.07. The number of aryl methyl sites for hydroxylation is 2. The Bertz CT molecular complexity index is 1440. The van der Waals surface area contributed by atoms with E-state index in [1.807, 2.05) is 65.8 Å². The van der Waals surface area contributed by atoms with Crippen LogP contribution in [0.3, 0.4) is 0 Å². The van der Waals surface area contributed by atoms with Crippen LogP contribution in [0.15, 0.2) is 77.7 Å². The molecule has 0 unspecified atom stereocenters. The molecular weight excluding hydrogens is 550 g/mol. The van der Waals surface area contributed by atoms with Gasteiger partial charge in [-0.25, -0.2) is 8.42 Å². The van der Waals surface area contributed by atoms with E-state index in [-0.39, 0.29) is 29.0 Å². The van der Waals surface area contributed by atoms with Gasteiger partial charge in [-0.05, 0) is 62.9 Å². The Morgan fingerprint density at radius 1 is 0.881 bits per heavy atom. The fourth-order valence-corrected chi connectivity index (χ4v) is 5.95. The number of nitrogens with one attached hydrogen (secondary N) is 1. The molecule has 2 amide bonds. The summed E-state index contributed by atoms with van der Waals surface area (Å²) in [5, 5.41) is 2.95. The highest BCUT2D eigenvalue weighted by molar-refractivity contribution is 7.92. The van der Waals surface area contributed by atoms with Crippen molar-refractivity contribution >= 4 is 27.5 Å². The van der Waals surface area contributed by atoms with Crippen molar-refractivity contribution in [3.63, 3.8) is 0 Å². The van der Waals surface area contributed by atoms with Gasteiger partial charge in [0.05, 0.1) is 17.2 Å². The fraction of sp³-hybridized carbons (Fsp3) is 0.394. The Morgan fingerprint density at radius 3 is 2.05 bits per heavy atom. The molecule has 42 heavy (non-hydrogen) atoms. The maximum absolute atomic E-state index is 14.2. The fourth-order valence-electron chi connectivity index (χ4n) is 4.52. The number of benzene rings is 3. The maximum Gasteiger partial charge on any atom is 0.264 e. The van der Waals surface area contributed by atoms with Crippen molar-refractivity contribution in [3.05, 3.63) is 89.5 Å². The quantitative estimate of drug-likeness (QED) is 0.267. The summed E-state index contributed by atoms with van der Waals surface area (Å²) in [5.74, 6) is -0.188. The molecular formula is C33H43N3O5S. The average molecular weight is 594 g/mol. The third kappa shape index (κ3) is 8.35. The monoisotopic (exact) mass is 593 g/mol. The molecule has 1 N–H and O–H groups in total. The van der Waals surface area contributed by atoms with Gasteiger partial charge in [-0.3, -0.25) is 13.9 Å². The molecule has 3 aromatic carbocycles. The molecule has 3 aromatic rings. The molecule has 3 rings (SSSR count). The van der Waals surface area contributed by atoms with Crippen LogP contribution in [0, 0.1) is 19.8 Å². The van der Waals surface area contributed by atoms with Crippen molar-refractivity contribution in [2.24, 2.45) is 5.92 Å². The van der Waals surface area contributed by atoms with Crippen LogP contribution in [0.2, 0.25) is 0 Å². The number of hydrogen-bond donors (Lipinski definition) is 1. The second-order valence-corrected chi connectivity index (χ2v) is 12.7. The van der Waals surface area contributed by atoms with E-state index in [1.165, 1.54) is 17.0 Å². The van der Waals surface area contributed by atoms with E-state index in [0.717, 1.165) is 21.0 Å². The van der Waals surface area contributed by atoms with Crippen LogP contribution in [0.4, 0.5) is 5.69 Å². The number of hydrogen-bond acceptors (Lipinski definition) is 5. The van der Waals surface area contributed by atoms with Crippen LogP contribution in [0.25, 0.3) is 0 Å². The summed E-state index contributed by atoms with van der Waals surface area (Å²) >= 11 is 0. The molecule has 9 heteroatoms. The minimum absolute atomic E-state index is 0.0546. The van der Waals surface area contributed by atoms with E-state index < -0.39 is 28.5 Å². The van der Waals surface area contributed by atoms with Gasteiger partial charge < -0.3 is 15.0 Å². The highest BCUT2D eigenvalue weighted by Crippen LogP contribution is 2.33. The zero-order valence-electron chi connectivity index (χ0n) is 25.5. The molecule has 0 spiro atoms. The van der Waals surface area contributed by atoms with Crippen LogP contribution in [-0.2, 0) is 26.2 Å². The zero-order chi connectivity index (χ0) is 30.9. The van der Waals surface area contributed by atoms with Gasteiger partial charge in [0.2, 0.25) is 11.8 Å². The molecule has 0 saturated heterocycles. The normalized spacial score (nSPS) is 12.1. The van der Waals surface area contributed by atoms with Crippen molar-refractivity contribution in [1.29, 1.82) is 0 Å². The van der Waals surface area contributed by atoms with Gasteiger partial charge in [0.15, 0.2) is 0 Å². The van der Waals surface area contributed by atoms with E-state index >= 15 is 0 Å². The van der Waals surface area contributed by atoms with Crippen molar-refractivity contribution in [2.45, 2.75) is 65.4 Å². The minimum Gasteiger partial charge on any atom is -0.492 e. The number of nitrogens with zero attached hydrogens (tertiary/aromatic N) is 2. The summed E-state index contributed by atoms with van der Waals surface area (Å²) in [6, 6.07) is 20.2. The third-order valence-electron chi connectivity index (χ3n) is 6.87. The molecule has 0 aliphatic rings. The number of para-hydroxylation sites is 2. The summed E-state index contributed by atoms with van der Waals surface area (Å²) < 4.78 is 35.1. The number of amides is 2. The summed E-state index contributed by atoms with van der Waals surface area (Å²) in [7, 11) is -4.19. The Kier molecular flexibility index (Phi) is 11.6. The van der Waals surface area contributed by atoms with E-state index in [4.69, 9.17) is 4.74 Å². The van der Waals surface area contributed by atoms with Crippen LogP contribution in [0.1, 0.15) is 50.8 Å². The van der Waals surface area contributed by atoms with Crippen molar-refractivity contribution in [2.75, 3.05) is 24.0 Å². The molecule has 226 valence electrons. The van der Waals surface area contributed by atoms with Gasteiger partial charge in [-0.1, -0.05) is 80.4 Å². The first kappa shape index (κ1) is 32.7. The number of ether oxygens (including phenoxy) is 1. The van der Waals surface area contributed by atoms with E-state index in [2.05, 4.69) is 5.32 Å². The molecule has 0 heterocycles. The van der Waals surface area contributed by atoms with Gasteiger partial charge in [0.25, 0.3) is 10.0 Å². The average Bonchev–Trinajstić information content (AvgIpc) is 2.96. The lowest BCUT2D eigenvalue weighted by atomic mass is 10.1. The lowest BCUT2D eigenvalue weighted by molar-refractivity contribution is -0.140. The third-order valence-corrected chi connectivity index (χ3v) is 8.64. The predicted octanol–water partition coefficient (Wildman–Crippen LogP) is 5.48. The van der Waals surface area contributed by atoms with Gasteiger partial charge in [-0.15, -0.1) is 0 Å². The standard InChI is InChI=1S/C33H43N3O5S/c1-7-29(33(38)34-21-24(3)4)35(22-27-17-13-25(5)14-18-27)32(37)23-36(30-11-9-10-12-31(30)41-8-2)42(39,40)28-19-15-26(6)16-20-28/h9-20,24,29H,7-8,21-23H2,1-6H3,(H,34,38)/t29-/m0/s1. The SMILES string of the molecule is CCOc1ccccc1N(CC(=O)N(Cc1ccc(C)cc1)[C@@H](CC)C(=O)NCC(C)C)S(=O)(=O)c1ccc(C)cc1. The first-order chi connectivity index (χ1) is 20.0. The number of rotatable bonds is 14. The topological polar surface area (TPSA) is 96.0 Å². The van der Waals surface area contributed by atoms with Crippen molar-refractivity contribution < 1.29 is 22.7 Å². The molecule has 0 radical (unpaired) electrons. The maximum atomic E-state index is 14.2. The number of carbonyl (C=O) groups excluding carboxylic acids is 2. The minimum atomic E-state index is -4.19. The number of anilines is 1. The molecule has 0 aromatic heterocycles. The van der Waals surface area contributed by atoms with Gasteiger partial charge in [0, 0.05) is 13.1 Å². The summed E-state index contributed by atoms with van der Waals surface area (Å²) in [4.78, 5) is 29.1. The molecule has 0 saturated carbocycles. The van der Waals surface area contributed by atoms with Crippen LogP contribution in [-0.4, -0.2) is 50.9 Å². The zero-order valence-corrected chi connectivity index (χ0v) is 26.3. The second kappa shape index (κ2) is 14.9. The Hall–Kier alpha value is -3.85. The summed E-state index contributed by atoms with van der Waals surface area (Å²) in [6.07, 6.45) is 0.363. The largest absolute Gasteiger partial charge is 0.492 e. The lowest BCUT2D eigenvalue weighted by Crippen LogP contribution is -2.52.